The summed E-state index contributed by atoms with van der Waals surface area (Å²) < 4.78 is 4.73. The van der Waals surface area contributed by atoms with Crippen LogP contribution in [0.15, 0.2) is 42.6 Å². The first kappa shape index (κ1) is 17.9. The minimum Gasteiger partial charge on any atom is -0.465 e. The Morgan fingerprint density at radius 1 is 1.15 bits per heavy atom. The number of hydrogen-bond donors (Lipinski definition) is 1. The monoisotopic (exact) mass is 353 g/mol. The van der Waals surface area contributed by atoms with Gasteiger partial charge in [0.15, 0.2) is 0 Å². The van der Waals surface area contributed by atoms with E-state index in [9.17, 15) is 9.59 Å². The molecule has 2 aromatic rings. The molecular weight excluding hydrogens is 330 g/mol. The van der Waals surface area contributed by atoms with E-state index >= 15 is 0 Å². The van der Waals surface area contributed by atoms with E-state index < -0.39 is 5.97 Å². The Balaban J connectivity index is 1.73. The summed E-state index contributed by atoms with van der Waals surface area (Å²) in [5.74, 6) is 0.870. The molecule has 0 unspecified atom stereocenters. The highest BCUT2D eigenvalue weighted by Crippen LogP contribution is 2.21. The number of ether oxygens (including phenoxy) is 1. The normalized spacial score (nSPS) is 14.8. The van der Waals surface area contributed by atoms with Crippen LogP contribution in [0.25, 0.3) is 0 Å². The van der Waals surface area contributed by atoms with E-state index in [0.29, 0.717) is 28.6 Å². The van der Waals surface area contributed by atoms with Crippen molar-refractivity contribution < 1.29 is 14.3 Å². The minimum atomic E-state index is -0.398. The molecule has 0 spiro atoms. The van der Waals surface area contributed by atoms with E-state index in [1.54, 1.807) is 36.5 Å². The number of nitrogens with one attached hydrogen (secondary N) is 1. The second-order valence-corrected chi connectivity index (χ2v) is 6.60. The molecule has 0 atom stereocenters. The highest BCUT2D eigenvalue weighted by atomic mass is 16.5. The smallest absolute Gasteiger partial charge is 0.337 e. The number of piperidine rings is 1. The summed E-state index contributed by atoms with van der Waals surface area (Å²) in [6.07, 6.45) is 3.71. The van der Waals surface area contributed by atoms with Crippen molar-refractivity contribution in [1.29, 1.82) is 0 Å². The van der Waals surface area contributed by atoms with Gasteiger partial charge >= 0.3 is 5.97 Å². The van der Waals surface area contributed by atoms with Gasteiger partial charge in [0.05, 0.1) is 12.7 Å². The van der Waals surface area contributed by atoms with Crippen molar-refractivity contribution in [2.24, 2.45) is 5.92 Å². The zero-order valence-corrected chi connectivity index (χ0v) is 15.1. The van der Waals surface area contributed by atoms with Gasteiger partial charge in [0, 0.05) is 30.5 Å². The molecule has 0 radical (unpaired) electrons. The van der Waals surface area contributed by atoms with E-state index in [0.717, 1.165) is 25.9 Å². The third-order valence-electron chi connectivity index (χ3n) is 4.63. The molecule has 26 heavy (non-hydrogen) atoms. The van der Waals surface area contributed by atoms with E-state index in [1.165, 1.54) is 7.11 Å². The summed E-state index contributed by atoms with van der Waals surface area (Å²) in [4.78, 5) is 30.5. The number of likely N-dealkylation sites (tertiary alicyclic amines) is 1. The lowest BCUT2D eigenvalue weighted by Crippen LogP contribution is -2.37. The fourth-order valence-corrected chi connectivity index (χ4v) is 3.02. The number of esters is 1. The van der Waals surface area contributed by atoms with Crippen molar-refractivity contribution in [1.82, 2.24) is 9.88 Å². The van der Waals surface area contributed by atoms with Gasteiger partial charge in [-0.1, -0.05) is 13.0 Å². The summed E-state index contributed by atoms with van der Waals surface area (Å²) in [6.45, 7) is 3.82. The lowest BCUT2D eigenvalue weighted by Gasteiger charge is -2.30. The van der Waals surface area contributed by atoms with Crippen molar-refractivity contribution in [2.75, 3.05) is 25.5 Å². The number of carbonyl (C=O) groups excluding carboxylic acids is 2. The molecule has 6 nitrogen and oxygen atoms in total. The van der Waals surface area contributed by atoms with Gasteiger partial charge in [-0.15, -0.1) is 0 Å². The second-order valence-electron chi connectivity index (χ2n) is 6.60. The van der Waals surface area contributed by atoms with E-state index in [4.69, 9.17) is 4.74 Å². The van der Waals surface area contributed by atoms with Crippen LogP contribution in [-0.2, 0) is 4.74 Å². The number of anilines is 2. The Morgan fingerprint density at radius 2 is 1.92 bits per heavy atom. The fourth-order valence-electron chi connectivity index (χ4n) is 3.02. The lowest BCUT2D eigenvalue weighted by atomic mass is 9.99. The Kier molecular flexibility index (Phi) is 5.51. The van der Waals surface area contributed by atoms with Crippen molar-refractivity contribution in [3.05, 3.63) is 53.7 Å². The minimum absolute atomic E-state index is 0.0330. The number of amides is 1. The number of hydrogen-bond acceptors (Lipinski definition) is 5. The van der Waals surface area contributed by atoms with Crippen LogP contribution in [-0.4, -0.2) is 42.0 Å². The molecule has 1 saturated heterocycles. The number of aromatic nitrogens is 1. The Labute approximate surface area is 153 Å². The quantitative estimate of drug-likeness (QED) is 0.852. The largest absolute Gasteiger partial charge is 0.465 e. The summed E-state index contributed by atoms with van der Waals surface area (Å²) in [6, 6.07) is 10.4. The predicted molar refractivity (Wildman–Crippen MR) is 99.6 cm³/mol. The molecule has 1 aliphatic rings. The van der Waals surface area contributed by atoms with Crippen LogP contribution in [0.1, 0.15) is 40.5 Å². The summed E-state index contributed by atoms with van der Waals surface area (Å²) in [5.41, 5.74) is 1.77. The van der Waals surface area contributed by atoms with Crippen molar-refractivity contribution in [2.45, 2.75) is 19.8 Å². The van der Waals surface area contributed by atoms with Crippen molar-refractivity contribution in [3.63, 3.8) is 0 Å². The summed E-state index contributed by atoms with van der Waals surface area (Å²) >= 11 is 0. The third kappa shape index (κ3) is 4.20. The molecule has 1 fully saturated rings. The average molecular weight is 353 g/mol. The average Bonchev–Trinajstić information content (AvgIpc) is 2.68. The standard InChI is InChI=1S/C20H23N3O3/c1-14-7-10-23(11-8-14)19(24)15-6-9-21-18(13-15)22-17-5-3-4-16(12-17)20(25)26-2/h3-6,9,12-14H,7-8,10-11H2,1-2H3,(H,21,22). The summed E-state index contributed by atoms with van der Waals surface area (Å²) in [7, 11) is 1.35. The number of benzene rings is 1. The first-order valence-corrected chi connectivity index (χ1v) is 8.77. The third-order valence-corrected chi connectivity index (χ3v) is 4.63. The fraction of sp³-hybridized carbons (Fsp3) is 0.350. The van der Waals surface area contributed by atoms with Gasteiger partial charge in [-0.3, -0.25) is 4.79 Å². The van der Waals surface area contributed by atoms with Crippen LogP contribution in [0.2, 0.25) is 0 Å². The molecule has 1 aliphatic heterocycles. The van der Waals surface area contributed by atoms with Crippen LogP contribution in [0, 0.1) is 5.92 Å². The number of nitrogens with zero attached hydrogens (tertiary/aromatic N) is 2. The Hall–Kier alpha value is -2.89. The van der Waals surface area contributed by atoms with Crippen molar-refractivity contribution in [3.8, 4) is 0 Å². The van der Waals surface area contributed by atoms with Crippen LogP contribution in [0.3, 0.4) is 0 Å². The molecule has 0 saturated carbocycles. The maximum absolute atomic E-state index is 12.7. The molecule has 6 heteroatoms. The van der Waals surface area contributed by atoms with Crippen molar-refractivity contribution >= 4 is 23.4 Å². The van der Waals surface area contributed by atoms with E-state index in [2.05, 4.69) is 17.2 Å². The van der Waals surface area contributed by atoms with Crippen LogP contribution >= 0.6 is 0 Å². The van der Waals surface area contributed by atoms with Gasteiger partial charge in [0.1, 0.15) is 5.82 Å². The molecule has 1 amide bonds. The molecule has 1 aromatic carbocycles. The number of pyridine rings is 1. The lowest BCUT2D eigenvalue weighted by molar-refractivity contribution is 0.0600. The highest BCUT2D eigenvalue weighted by molar-refractivity contribution is 5.95. The zero-order valence-electron chi connectivity index (χ0n) is 15.1. The number of carbonyl (C=O) groups is 2. The van der Waals surface area contributed by atoms with Gasteiger partial charge in [-0.2, -0.15) is 0 Å². The van der Waals surface area contributed by atoms with E-state index in [1.807, 2.05) is 11.0 Å². The molecule has 136 valence electrons. The second kappa shape index (κ2) is 7.99. The molecule has 1 N–H and O–H groups in total. The first-order chi connectivity index (χ1) is 12.6. The van der Waals surface area contributed by atoms with E-state index in [-0.39, 0.29) is 5.91 Å². The number of methoxy groups -OCH3 is 1. The van der Waals surface area contributed by atoms with Crippen LogP contribution < -0.4 is 5.32 Å². The SMILES string of the molecule is COC(=O)c1cccc(Nc2cc(C(=O)N3CCC(C)CC3)ccn2)c1. The molecule has 1 aromatic heterocycles. The van der Waals surface area contributed by atoms with Crippen LogP contribution in [0.4, 0.5) is 11.5 Å². The number of rotatable bonds is 4. The summed E-state index contributed by atoms with van der Waals surface area (Å²) in [5, 5.41) is 3.14. The maximum atomic E-state index is 12.7. The maximum Gasteiger partial charge on any atom is 0.337 e. The van der Waals surface area contributed by atoms with Gasteiger partial charge in [-0.25, -0.2) is 9.78 Å². The molecular formula is C20H23N3O3. The molecule has 0 bridgehead atoms. The molecule has 3 rings (SSSR count). The first-order valence-electron chi connectivity index (χ1n) is 8.77. The van der Waals surface area contributed by atoms with Gasteiger partial charge in [-0.05, 0) is 49.1 Å². The van der Waals surface area contributed by atoms with Gasteiger partial charge in [0.25, 0.3) is 5.91 Å². The Bertz CT molecular complexity index is 798. The van der Waals surface area contributed by atoms with Gasteiger partial charge < -0.3 is 15.0 Å². The van der Waals surface area contributed by atoms with Crippen LogP contribution in [0.5, 0.6) is 0 Å². The zero-order chi connectivity index (χ0) is 18.5. The van der Waals surface area contributed by atoms with Gasteiger partial charge in [0.2, 0.25) is 0 Å². The molecule has 0 aliphatic carbocycles. The highest BCUT2D eigenvalue weighted by Gasteiger charge is 2.21. The Morgan fingerprint density at radius 3 is 2.65 bits per heavy atom. The molecule has 2 heterocycles. The topological polar surface area (TPSA) is 71.5 Å². The predicted octanol–water partition coefficient (Wildman–Crippen LogP) is 3.48.